The molecular formula is C18H16N4O2S. The average Bonchev–Trinajstić information content (AvgIpc) is 3.23. The van der Waals surface area contributed by atoms with Crippen molar-refractivity contribution in [2.75, 3.05) is 5.32 Å². The number of thiophene rings is 1. The van der Waals surface area contributed by atoms with Crippen molar-refractivity contribution in [1.29, 1.82) is 0 Å². The number of carbonyl (C=O) groups excluding carboxylic acids is 2. The van der Waals surface area contributed by atoms with Crippen molar-refractivity contribution in [2.24, 2.45) is 5.73 Å². The second-order valence-electron chi connectivity index (χ2n) is 5.33. The van der Waals surface area contributed by atoms with Gasteiger partial charge in [0.25, 0.3) is 5.91 Å². The summed E-state index contributed by atoms with van der Waals surface area (Å²) in [5.41, 5.74) is 6.82. The maximum absolute atomic E-state index is 12.0. The van der Waals surface area contributed by atoms with E-state index in [0.717, 1.165) is 10.6 Å². The van der Waals surface area contributed by atoms with Gasteiger partial charge >= 0.3 is 0 Å². The molecule has 0 aliphatic heterocycles. The highest BCUT2D eigenvalue weighted by atomic mass is 32.1. The van der Waals surface area contributed by atoms with Crippen molar-refractivity contribution < 1.29 is 9.59 Å². The molecule has 0 radical (unpaired) electrons. The predicted octanol–water partition coefficient (Wildman–Crippen LogP) is 2.99. The minimum Gasteiger partial charge on any atom is -0.364 e. The lowest BCUT2D eigenvalue weighted by atomic mass is 10.2. The summed E-state index contributed by atoms with van der Waals surface area (Å²) < 4.78 is 1.55. The Balaban J connectivity index is 1.64. The van der Waals surface area contributed by atoms with Gasteiger partial charge in [0.2, 0.25) is 5.91 Å². The first-order valence-electron chi connectivity index (χ1n) is 7.53. The number of carbonyl (C=O) groups is 2. The Labute approximate surface area is 148 Å². The van der Waals surface area contributed by atoms with Gasteiger partial charge in [-0.15, -0.1) is 11.3 Å². The lowest BCUT2D eigenvalue weighted by molar-refractivity contribution is -0.111. The van der Waals surface area contributed by atoms with Gasteiger partial charge in [-0.2, -0.15) is 5.10 Å². The highest BCUT2D eigenvalue weighted by Gasteiger charge is 2.06. The number of nitrogens with two attached hydrogens (primary N) is 1. The third kappa shape index (κ3) is 4.21. The van der Waals surface area contributed by atoms with Crippen molar-refractivity contribution in [3.05, 3.63) is 70.2 Å². The smallest absolute Gasteiger partial charge is 0.269 e. The monoisotopic (exact) mass is 352 g/mol. The van der Waals surface area contributed by atoms with Crippen LogP contribution in [0, 0.1) is 6.92 Å². The van der Waals surface area contributed by atoms with Gasteiger partial charge in [0, 0.05) is 27.7 Å². The number of anilines is 1. The molecule has 0 aliphatic rings. The van der Waals surface area contributed by atoms with Crippen LogP contribution in [0.4, 0.5) is 5.69 Å². The first kappa shape index (κ1) is 16.7. The first-order chi connectivity index (χ1) is 12.0. The van der Waals surface area contributed by atoms with Crippen LogP contribution in [-0.4, -0.2) is 21.6 Å². The minimum atomic E-state index is -0.574. The number of hydrogen-bond acceptors (Lipinski definition) is 4. The quantitative estimate of drug-likeness (QED) is 0.692. The number of nitrogens with one attached hydrogen (secondary N) is 1. The molecule has 7 heteroatoms. The lowest BCUT2D eigenvalue weighted by Crippen LogP contribution is -2.12. The van der Waals surface area contributed by atoms with Crippen LogP contribution in [0.3, 0.4) is 0 Å². The van der Waals surface area contributed by atoms with Crippen LogP contribution in [-0.2, 0) is 4.79 Å². The van der Waals surface area contributed by atoms with Crippen molar-refractivity contribution >= 4 is 34.9 Å². The van der Waals surface area contributed by atoms with E-state index in [1.807, 2.05) is 19.1 Å². The summed E-state index contributed by atoms with van der Waals surface area (Å²) >= 11 is 1.63. The van der Waals surface area contributed by atoms with E-state index in [4.69, 9.17) is 5.73 Å². The summed E-state index contributed by atoms with van der Waals surface area (Å²) in [6, 6.07) is 12.7. The average molecular weight is 352 g/mol. The molecule has 0 spiro atoms. The molecule has 25 heavy (non-hydrogen) atoms. The van der Waals surface area contributed by atoms with Gasteiger partial charge in [-0.3, -0.25) is 9.59 Å². The fourth-order valence-electron chi connectivity index (χ4n) is 2.18. The maximum atomic E-state index is 12.0. The van der Waals surface area contributed by atoms with E-state index >= 15 is 0 Å². The third-order valence-corrected chi connectivity index (χ3v) is 4.37. The van der Waals surface area contributed by atoms with E-state index in [1.54, 1.807) is 58.6 Å². The second kappa shape index (κ2) is 7.14. The third-order valence-electron chi connectivity index (χ3n) is 3.40. The Morgan fingerprint density at radius 2 is 1.92 bits per heavy atom. The summed E-state index contributed by atoms with van der Waals surface area (Å²) in [5.74, 6) is -0.774. The number of benzene rings is 1. The highest BCUT2D eigenvalue weighted by molar-refractivity contribution is 7.12. The van der Waals surface area contributed by atoms with Crippen molar-refractivity contribution in [2.45, 2.75) is 6.92 Å². The van der Waals surface area contributed by atoms with Gasteiger partial charge in [-0.05, 0) is 55.5 Å². The van der Waals surface area contributed by atoms with Gasteiger partial charge < -0.3 is 11.1 Å². The number of hydrogen-bond donors (Lipinski definition) is 2. The zero-order valence-electron chi connectivity index (χ0n) is 13.5. The van der Waals surface area contributed by atoms with Crippen LogP contribution in [0.5, 0.6) is 0 Å². The molecule has 0 fully saturated rings. The summed E-state index contributed by atoms with van der Waals surface area (Å²) in [5, 5.41) is 6.88. The molecule has 0 bridgehead atoms. The molecule has 6 nitrogen and oxygen atoms in total. The van der Waals surface area contributed by atoms with E-state index in [-0.39, 0.29) is 11.6 Å². The fraction of sp³-hybridized carbons (Fsp3) is 0.0556. The topological polar surface area (TPSA) is 90.0 Å². The van der Waals surface area contributed by atoms with Crippen LogP contribution in [0.25, 0.3) is 11.8 Å². The molecule has 0 unspecified atom stereocenters. The number of aryl methyl sites for hydroxylation is 1. The summed E-state index contributed by atoms with van der Waals surface area (Å²) in [6.07, 6.45) is 4.95. The summed E-state index contributed by atoms with van der Waals surface area (Å²) in [7, 11) is 0. The fourth-order valence-corrected chi connectivity index (χ4v) is 2.96. The minimum absolute atomic E-state index is 0.200. The number of rotatable bonds is 5. The van der Waals surface area contributed by atoms with Crippen molar-refractivity contribution in [3.8, 4) is 5.69 Å². The van der Waals surface area contributed by atoms with Gasteiger partial charge in [-0.1, -0.05) is 0 Å². The van der Waals surface area contributed by atoms with E-state index in [9.17, 15) is 9.59 Å². The molecule has 0 saturated carbocycles. The van der Waals surface area contributed by atoms with Crippen LogP contribution >= 0.6 is 11.3 Å². The SMILES string of the molecule is Cc1ccc(/C=C/C(=O)Nc2ccc(-n3ccc(C(N)=O)n3)cc2)s1. The molecule has 1 aromatic carbocycles. The van der Waals surface area contributed by atoms with Crippen molar-refractivity contribution in [3.63, 3.8) is 0 Å². The van der Waals surface area contributed by atoms with E-state index < -0.39 is 5.91 Å². The Kier molecular flexibility index (Phi) is 4.76. The Hall–Kier alpha value is -3.19. The molecule has 3 rings (SSSR count). The van der Waals surface area contributed by atoms with E-state index in [1.165, 1.54) is 11.0 Å². The molecule has 2 heterocycles. The molecular weight excluding hydrogens is 336 g/mol. The van der Waals surface area contributed by atoms with Crippen molar-refractivity contribution in [1.82, 2.24) is 9.78 Å². The Morgan fingerprint density at radius 3 is 2.52 bits per heavy atom. The second-order valence-corrected chi connectivity index (χ2v) is 6.65. The first-order valence-corrected chi connectivity index (χ1v) is 8.34. The van der Waals surface area contributed by atoms with Crippen LogP contribution < -0.4 is 11.1 Å². The predicted molar refractivity (Wildman–Crippen MR) is 98.8 cm³/mol. The molecule has 2 amide bonds. The standard InChI is InChI=1S/C18H16N4O2S/c1-12-2-7-15(25-12)8-9-17(23)20-13-3-5-14(6-4-13)22-11-10-16(21-22)18(19)24/h2-11H,1H3,(H2,19,24)(H,20,23)/b9-8+. The van der Waals surface area contributed by atoms with Gasteiger partial charge in [0.1, 0.15) is 5.69 Å². The Bertz CT molecular complexity index is 938. The molecule has 126 valence electrons. The van der Waals surface area contributed by atoms with Gasteiger partial charge in [-0.25, -0.2) is 4.68 Å². The number of primary amides is 1. The molecule has 0 aliphatic carbocycles. The lowest BCUT2D eigenvalue weighted by Gasteiger charge is -2.05. The molecule has 3 aromatic rings. The number of nitrogens with zero attached hydrogens (tertiary/aromatic N) is 2. The maximum Gasteiger partial charge on any atom is 0.269 e. The normalized spacial score (nSPS) is 10.9. The van der Waals surface area contributed by atoms with E-state index in [0.29, 0.717) is 5.69 Å². The number of amides is 2. The van der Waals surface area contributed by atoms with Crippen LogP contribution in [0.15, 0.2) is 54.7 Å². The van der Waals surface area contributed by atoms with Gasteiger partial charge in [0.05, 0.1) is 5.69 Å². The van der Waals surface area contributed by atoms with Gasteiger partial charge in [0.15, 0.2) is 0 Å². The molecule has 2 aromatic heterocycles. The number of aromatic nitrogens is 2. The van der Waals surface area contributed by atoms with Crippen LogP contribution in [0.2, 0.25) is 0 Å². The zero-order valence-corrected chi connectivity index (χ0v) is 14.3. The molecule has 0 saturated heterocycles. The van der Waals surface area contributed by atoms with Crippen LogP contribution in [0.1, 0.15) is 20.2 Å². The summed E-state index contributed by atoms with van der Waals surface area (Å²) in [4.78, 5) is 25.3. The molecule has 3 N–H and O–H groups in total. The summed E-state index contributed by atoms with van der Waals surface area (Å²) in [6.45, 7) is 2.02. The Morgan fingerprint density at radius 1 is 1.16 bits per heavy atom. The molecule has 0 atom stereocenters. The largest absolute Gasteiger partial charge is 0.364 e. The zero-order chi connectivity index (χ0) is 17.8. The highest BCUT2D eigenvalue weighted by Crippen LogP contribution is 2.17. The van der Waals surface area contributed by atoms with E-state index in [2.05, 4.69) is 10.4 Å².